The number of benzene rings is 1. The highest BCUT2D eigenvalue weighted by molar-refractivity contribution is 9.10. The van der Waals surface area contributed by atoms with Crippen molar-refractivity contribution in [3.05, 3.63) is 29.8 Å². The third-order valence-corrected chi connectivity index (χ3v) is 4.32. The minimum atomic E-state index is -0.814. The summed E-state index contributed by atoms with van der Waals surface area (Å²) in [5, 5.41) is 0. The third kappa shape index (κ3) is 2.16. The Bertz CT molecular complexity index is 517. The number of anilines is 1. The zero-order chi connectivity index (χ0) is 14.0. The van der Waals surface area contributed by atoms with Gasteiger partial charge in [-0.05, 0) is 19.4 Å². The molecule has 1 aromatic rings. The van der Waals surface area contributed by atoms with Crippen molar-refractivity contribution < 1.29 is 14.3 Å². The molecule has 0 bridgehead atoms. The van der Waals surface area contributed by atoms with Gasteiger partial charge in [0.1, 0.15) is 4.32 Å². The highest BCUT2D eigenvalue weighted by Crippen LogP contribution is 2.48. The van der Waals surface area contributed by atoms with E-state index in [0.717, 1.165) is 16.9 Å². The molecule has 1 atom stereocenters. The molecule has 2 amide bonds. The van der Waals surface area contributed by atoms with Crippen LogP contribution in [0.15, 0.2) is 24.3 Å². The van der Waals surface area contributed by atoms with E-state index in [1.54, 1.807) is 13.0 Å². The van der Waals surface area contributed by atoms with Gasteiger partial charge in [0.25, 0.3) is 5.91 Å². The molecule has 19 heavy (non-hydrogen) atoms. The zero-order valence-electron chi connectivity index (χ0n) is 11.0. The van der Waals surface area contributed by atoms with E-state index in [-0.39, 0.29) is 12.5 Å². The van der Waals surface area contributed by atoms with Crippen LogP contribution < -0.4 is 4.90 Å². The first-order valence-corrected chi connectivity index (χ1v) is 7.15. The molecule has 0 aliphatic carbocycles. The van der Waals surface area contributed by atoms with Gasteiger partial charge in [-0.1, -0.05) is 47.5 Å². The molecule has 0 aromatic heterocycles. The van der Waals surface area contributed by atoms with Crippen molar-refractivity contribution in [1.29, 1.82) is 0 Å². The van der Waals surface area contributed by atoms with Crippen LogP contribution in [0.2, 0.25) is 0 Å². The Kier molecular flexibility index (Phi) is 3.94. The maximum Gasteiger partial charge on any atom is 0.421 e. The van der Waals surface area contributed by atoms with Crippen molar-refractivity contribution in [1.82, 2.24) is 0 Å². The Morgan fingerprint density at radius 1 is 1.37 bits per heavy atom. The van der Waals surface area contributed by atoms with Crippen molar-refractivity contribution in [2.24, 2.45) is 0 Å². The predicted molar refractivity (Wildman–Crippen MR) is 76.5 cm³/mol. The number of rotatable bonds is 3. The second kappa shape index (κ2) is 5.33. The van der Waals surface area contributed by atoms with Gasteiger partial charge in [0.2, 0.25) is 0 Å². The summed E-state index contributed by atoms with van der Waals surface area (Å²) in [4.78, 5) is 25.7. The SMILES string of the molecule is CCCC1(Br)C(=O)N(C(=O)OCC)c2ccccc21. The van der Waals surface area contributed by atoms with Crippen LogP contribution in [0.4, 0.5) is 10.5 Å². The minimum Gasteiger partial charge on any atom is -0.449 e. The van der Waals surface area contributed by atoms with E-state index in [1.807, 2.05) is 25.1 Å². The van der Waals surface area contributed by atoms with E-state index in [0.29, 0.717) is 12.1 Å². The lowest BCUT2D eigenvalue weighted by Crippen LogP contribution is -2.40. The van der Waals surface area contributed by atoms with Crippen LogP contribution in [-0.4, -0.2) is 18.6 Å². The van der Waals surface area contributed by atoms with E-state index in [9.17, 15) is 9.59 Å². The average molecular weight is 326 g/mol. The van der Waals surface area contributed by atoms with E-state index in [2.05, 4.69) is 15.9 Å². The molecule has 0 fully saturated rings. The molecule has 1 aliphatic rings. The van der Waals surface area contributed by atoms with Gasteiger partial charge >= 0.3 is 6.09 Å². The third-order valence-electron chi connectivity index (χ3n) is 3.16. The maximum absolute atomic E-state index is 12.6. The van der Waals surface area contributed by atoms with Gasteiger partial charge in [0.15, 0.2) is 0 Å². The van der Waals surface area contributed by atoms with E-state index < -0.39 is 10.4 Å². The van der Waals surface area contributed by atoms with Crippen molar-refractivity contribution >= 4 is 33.6 Å². The number of halogens is 1. The number of carbonyl (C=O) groups is 2. The Balaban J connectivity index is 2.49. The zero-order valence-corrected chi connectivity index (χ0v) is 12.6. The molecule has 1 unspecified atom stereocenters. The highest BCUT2D eigenvalue weighted by atomic mass is 79.9. The standard InChI is InChI=1S/C14H16BrNO3/c1-3-9-14(15)10-7-5-6-8-11(10)16(12(14)17)13(18)19-4-2/h5-8H,3-4,9H2,1-2H3. The molecule has 0 radical (unpaired) electrons. The second-order valence-corrected chi connectivity index (χ2v) is 5.76. The van der Waals surface area contributed by atoms with Crippen molar-refractivity contribution in [2.45, 2.75) is 31.0 Å². The Morgan fingerprint density at radius 3 is 2.68 bits per heavy atom. The fraction of sp³-hybridized carbons (Fsp3) is 0.429. The quantitative estimate of drug-likeness (QED) is 0.798. The maximum atomic E-state index is 12.6. The second-order valence-electron chi connectivity index (χ2n) is 4.41. The monoisotopic (exact) mass is 325 g/mol. The van der Waals surface area contributed by atoms with Gasteiger partial charge in [-0.3, -0.25) is 4.79 Å². The van der Waals surface area contributed by atoms with Crippen molar-refractivity contribution in [3.63, 3.8) is 0 Å². The summed E-state index contributed by atoms with van der Waals surface area (Å²) in [6.45, 7) is 3.97. The van der Waals surface area contributed by atoms with E-state index in [1.165, 1.54) is 0 Å². The fourth-order valence-electron chi connectivity index (χ4n) is 2.36. The summed E-state index contributed by atoms with van der Waals surface area (Å²) in [5.74, 6) is -0.269. The summed E-state index contributed by atoms with van der Waals surface area (Å²) in [5.41, 5.74) is 1.44. The number of imide groups is 1. The number of alkyl halides is 1. The number of amides is 2. The van der Waals surface area contributed by atoms with Gasteiger partial charge in [-0.25, -0.2) is 9.69 Å². The number of para-hydroxylation sites is 1. The molecule has 1 aromatic carbocycles. The van der Waals surface area contributed by atoms with Gasteiger partial charge in [-0.2, -0.15) is 0 Å². The summed E-state index contributed by atoms with van der Waals surface area (Å²) < 4.78 is 4.16. The minimum absolute atomic E-state index is 0.244. The largest absolute Gasteiger partial charge is 0.449 e. The number of nitrogens with zero attached hydrogens (tertiary/aromatic N) is 1. The molecule has 5 heteroatoms. The number of fused-ring (bicyclic) bond motifs is 1. The lowest BCUT2D eigenvalue weighted by molar-refractivity contribution is -0.119. The summed E-state index contributed by atoms with van der Waals surface area (Å²) >= 11 is 3.53. The van der Waals surface area contributed by atoms with Crippen LogP contribution in [0, 0.1) is 0 Å². The summed E-state index contributed by atoms with van der Waals surface area (Å²) in [6.07, 6.45) is 0.859. The number of hydrogen-bond acceptors (Lipinski definition) is 3. The molecular weight excluding hydrogens is 310 g/mol. The molecule has 1 aliphatic heterocycles. The Hall–Kier alpha value is -1.36. The summed E-state index contributed by atoms with van der Waals surface area (Å²) in [6, 6.07) is 7.31. The topological polar surface area (TPSA) is 46.6 Å². The normalized spacial score (nSPS) is 21.4. The highest BCUT2D eigenvalue weighted by Gasteiger charge is 2.51. The lowest BCUT2D eigenvalue weighted by atomic mass is 9.96. The lowest BCUT2D eigenvalue weighted by Gasteiger charge is -2.20. The van der Waals surface area contributed by atoms with E-state index in [4.69, 9.17) is 4.74 Å². The molecule has 102 valence electrons. The first kappa shape index (κ1) is 14.1. The number of hydrogen-bond donors (Lipinski definition) is 0. The molecule has 1 heterocycles. The van der Waals surface area contributed by atoms with Crippen LogP contribution in [0.3, 0.4) is 0 Å². The molecule has 0 saturated carbocycles. The van der Waals surface area contributed by atoms with Crippen molar-refractivity contribution in [2.75, 3.05) is 11.5 Å². The van der Waals surface area contributed by atoms with Gasteiger partial charge in [0, 0.05) is 5.56 Å². The number of ether oxygens (including phenoxy) is 1. The van der Waals surface area contributed by atoms with Gasteiger partial charge in [-0.15, -0.1) is 0 Å². The first-order chi connectivity index (χ1) is 9.06. The van der Waals surface area contributed by atoms with Crippen LogP contribution in [0.1, 0.15) is 32.3 Å². The predicted octanol–water partition coefficient (Wildman–Crippen LogP) is 3.58. The van der Waals surface area contributed by atoms with E-state index >= 15 is 0 Å². The summed E-state index contributed by atoms with van der Waals surface area (Å²) in [7, 11) is 0. The molecule has 0 spiro atoms. The molecular formula is C14H16BrNO3. The van der Waals surface area contributed by atoms with Crippen LogP contribution in [-0.2, 0) is 13.9 Å². The average Bonchev–Trinajstić information content (AvgIpc) is 2.60. The van der Waals surface area contributed by atoms with Crippen LogP contribution in [0.25, 0.3) is 0 Å². The first-order valence-electron chi connectivity index (χ1n) is 6.36. The van der Waals surface area contributed by atoms with Gasteiger partial charge < -0.3 is 4.74 Å². The molecule has 2 rings (SSSR count). The fourth-order valence-corrected chi connectivity index (χ4v) is 3.27. The van der Waals surface area contributed by atoms with Gasteiger partial charge in [0.05, 0.1) is 12.3 Å². The Morgan fingerprint density at radius 2 is 2.05 bits per heavy atom. The molecule has 4 nitrogen and oxygen atoms in total. The Labute approximate surface area is 120 Å². The van der Waals surface area contributed by atoms with Crippen LogP contribution >= 0.6 is 15.9 Å². The number of carbonyl (C=O) groups excluding carboxylic acids is 2. The molecule has 0 N–H and O–H groups in total. The molecule has 0 saturated heterocycles. The van der Waals surface area contributed by atoms with Crippen molar-refractivity contribution in [3.8, 4) is 0 Å². The van der Waals surface area contributed by atoms with Crippen LogP contribution in [0.5, 0.6) is 0 Å². The smallest absolute Gasteiger partial charge is 0.421 e.